The molecule has 1 aliphatic carbocycles. The summed E-state index contributed by atoms with van der Waals surface area (Å²) in [4.78, 5) is 14.5. The molecule has 4 heteroatoms. The zero-order valence-electron chi connectivity index (χ0n) is 13.8. The first kappa shape index (κ1) is 16.4. The molecule has 1 amide bonds. The molecule has 2 aliphatic rings. The van der Waals surface area contributed by atoms with Crippen molar-refractivity contribution in [3.63, 3.8) is 0 Å². The van der Waals surface area contributed by atoms with Gasteiger partial charge in [0.2, 0.25) is 5.91 Å². The molecule has 0 spiro atoms. The van der Waals surface area contributed by atoms with Gasteiger partial charge in [-0.2, -0.15) is 0 Å². The topological polar surface area (TPSA) is 40.5 Å². The lowest BCUT2D eigenvalue weighted by molar-refractivity contribution is -0.155. The maximum absolute atomic E-state index is 13.3. The zero-order chi connectivity index (χ0) is 16.4. The molecule has 1 aromatic carbocycles. The van der Waals surface area contributed by atoms with E-state index < -0.39 is 5.60 Å². The number of halogens is 1. The number of likely N-dealkylation sites (tertiary alicyclic amines) is 1. The van der Waals surface area contributed by atoms with Crippen LogP contribution in [0.4, 0.5) is 4.39 Å². The zero-order valence-corrected chi connectivity index (χ0v) is 13.8. The van der Waals surface area contributed by atoms with Crippen LogP contribution >= 0.6 is 0 Å². The first-order valence-electron chi connectivity index (χ1n) is 8.82. The third-order valence-electron chi connectivity index (χ3n) is 5.56. The molecule has 0 unspecified atom stereocenters. The Hall–Kier alpha value is -1.42. The number of piperidine rings is 1. The number of carbonyl (C=O) groups excluding carboxylic acids is 1. The van der Waals surface area contributed by atoms with Crippen LogP contribution in [0.2, 0.25) is 0 Å². The number of aliphatic hydroxyl groups is 1. The van der Waals surface area contributed by atoms with Crippen LogP contribution in [0.15, 0.2) is 24.3 Å². The molecule has 3 atom stereocenters. The van der Waals surface area contributed by atoms with Crippen LogP contribution < -0.4 is 0 Å². The lowest BCUT2D eigenvalue weighted by atomic mass is 9.66. The van der Waals surface area contributed by atoms with Crippen LogP contribution in [0.5, 0.6) is 0 Å². The highest BCUT2D eigenvalue weighted by Gasteiger charge is 2.49. The van der Waals surface area contributed by atoms with Crippen molar-refractivity contribution >= 4 is 5.91 Å². The monoisotopic (exact) mass is 319 g/mol. The molecule has 3 rings (SSSR count). The molecule has 1 saturated carbocycles. The normalized spacial score (nSPS) is 30.8. The highest BCUT2D eigenvalue weighted by Crippen LogP contribution is 2.49. The van der Waals surface area contributed by atoms with Crippen molar-refractivity contribution < 1.29 is 14.3 Å². The first-order valence-corrected chi connectivity index (χ1v) is 8.82. The van der Waals surface area contributed by atoms with Crippen LogP contribution in [0.25, 0.3) is 0 Å². The van der Waals surface area contributed by atoms with Gasteiger partial charge < -0.3 is 10.0 Å². The molecule has 1 saturated heterocycles. The minimum atomic E-state index is -0.680. The van der Waals surface area contributed by atoms with E-state index in [-0.39, 0.29) is 23.7 Å². The summed E-state index contributed by atoms with van der Waals surface area (Å²) in [6.07, 6.45) is 5.88. The number of amides is 1. The fourth-order valence-electron chi connectivity index (χ4n) is 4.39. The summed E-state index contributed by atoms with van der Waals surface area (Å²) >= 11 is 0. The highest BCUT2D eigenvalue weighted by molar-refractivity contribution is 5.77. The molecule has 2 fully saturated rings. The van der Waals surface area contributed by atoms with Crippen molar-refractivity contribution in [2.75, 3.05) is 6.54 Å². The van der Waals surface area contributed by atoms with Gasteiger partial charge in [0.25, 0.3) is 0 Å². The predicted octanol–water partition coefficient (Wildman–Crippen LogP) is 3.82. The van der Waals surface area contributed by atoms with Crippen LogP contribution in [-0.2, 0) is 4.79 Å². The summed E-state index contributed by atoms with van der Waals surface area (Å²) in [5.74, 6) is -0.0689. The average Bonchev–Trinajstić information content (AvgIpc) is 2.54. The Morgan fingerprint density at radius 2 is 2.04 bits per heavy atom. The van der Waals surface area contributed by atoms with Gasteiger partial charge in [-0.25, -0.2) is 4.39 Å². The molecule has 1 N–H and O–H groups in total. The largest absolute Gasteiger partial charge is 0.389 e. The lowest BCUT2D eigenvalue weighted by Crippen LogP contribution is -2.56. The molecule has 0 bridgehead atoms. The van der Waals surface area contributed by atoms with Crippen molar-refractivity contribution in [2.45, 2.75) is 63.5 Å². The molecule has 1 aromatic rings. The quantitative estimate of drug-likeness (QED) is 0.920. The summed E-state index contributed by atoms with van der Waals surface area (Å²) in [6, 6.07) is 6.32. The van der Waals surface area contributed by atoms with E-state index in [0.29, 0.717) is 19.4 Å². The van der Waals surface area contributed by atoms with Crippen LogP contribution in [0.1, 0.15) is 63.5 Å². The SMILES string of the molecule is CCCC(=O)N1CC[C@@]2(O)CCCC[C@H]2[C@H]1c1ccc(F)cc1. The number of hydrogen-bond acceptors (Lipinski definition) is 2. The molecule has 3 nitrogen and oxygen atoms in total. The van der Waals surface area contributed by atoms with Crippen LogP contribution in [-0.4, -0.2) is 28.1 Å². The average molecular weight is 319 g/mol. The lowest BCUT2D eigenvalue weighted by Gasteiger charge is -2.52. The Kier molecular flexibility index (Phi) is 4.72. The van der Waals surface area contributed by atoms with Crippen molar-refractivity contribution in [2.24, 2.45) is 5.92 Å². The smallest absolute Gasteiger partial charge is 0.223 e. The number of nitrogens with zero attached hydrogens (tertiary/aromatic N) is 1. The second-order valence-electron chi connectivity index (χ2n) is 7.04. The summed E-state index contributed by atoms with van der Waals surface area (Å²) in [5, 5.41) is 11.1. The van der Waals surface area contributed by atoms with Gasteiger partial charge in [0.1, 0.15) is 5.82 Å². The van der Waals surface area contributed by atoms with E-state index in [4.69, 9.17) is 0 Å². The molecular formula is C19H26FNO2. The van der Waals surface area contributed by atoms with Gasteiger partial charge in [0.05, 0.1) is 11.6 Å². The molecule has 0 radical (unpaired) electrons. The van der Waals surface area contributed by atoms with Crippen molar-refractivity contribution in [1.82, 2.24) is 4.90 Å². The Morgan fingerprint density at radius 3 is 2.74 bits per heavy atom. The number of carbonyl (C=O) groups is 1. The molecule has 0 aromatic heterocycles. The molecular weight excluding hydrogens is 293 g/mol. The van der Waals surface area contributed by atoms with Gasteiger partial charge >= 0.3 is 0 Å². The molecule has 1 heterocycles. The fraction of sp³-hybridized carbons (Fsp3) is 0.632. The third-order valence-corrected chi connectivity index (χ3v) is 5.56. The summed E-state index contributed by atoms with van der Waals surface area (Å²) < 4.78 is 13.3. The van der Waals surface area contributed by atoms with E-state index in [9.17, 15) is 14.3 Å². The first-order chi connectivity index (χ1) is 11.0. The van der Waals surface area contributed by atoms with E-state index in [0.717, 1.165) is 37.7 Å². The predicted molar refractivity (Wildman–Crippen MR) is 87.3 cm³/mol. The molecule has 1 aliphatic heterocycles. The van der Waals surface area contributed by atoms with Crippen molar-refractivity contribution in [3.05, 3.63) is 35.6 Å². The summed E-state index contributed by atoms with van der Waals surface area (Å²) in [5.41, 5.74) is 0.265. The van der Waals surface area contributed by atoms with E-state index >= 15 is 0 Å². The second-order valence-corrected chi connectivity index (χ2v) is 7.04. The van der Waals surface area contributed by atoms with E-state index in [1.54, 1.807) is 12.1 Å². The summed E-state index contributed by atoms with van der Waals surface area (Å²) in [6.45, 7) is 2.60. The fourth-order valence-corrected chi connectivity index (χ4v) is 4.39. The highest BCUT2D eigenvalue weighted by atomic mass is 19.1. The van der Waals surface area contributed by atoms with Gasteiger partial charge in [0.15, 0.2) is 0 Å². The van der Waals surface area contributed by atoms with E-state index in [1.807, 2.05) is 11.8 Å². The van der Waals surface area contributed by atoms with Crippen LogP contribution in [0.3, 0.4) is 0 Å². The van der Waals surface area contributed by atoms with Crippen LogP contribution in [0, 0.1) is 11.7 Å². The van der Waals surface area contributed by atoms with Crippen molar-refractivity contribution in [3.8, 4) is 0 Å². The number of rotatable bonds is 3. The Morgan fingerprint density at radius 1 is 1.30 bits per heavy atom. The van der Waals surface area contributed by atoms with Gasteiger partial charge in [0, 0.05) is 18.9 Å². The standard InChI is InChI=1S/C19H26FNO2/c1-2-5-17(22)21-13-12-19(23)11-4-3-6-16(19)18(21)14-7-9-15(20)10-8-14/h7-10,16,18,23H,2-6,11-13H2,1H3/t16-,18+,19-/m0/s1. The molecule has 23 heavy (non-hydrogen) atoms. The van der Waals surface area contributed by atoms with E-state index in [2.05, 4.69) is 0 Å². The second kappa shape index (κ2) is 6.60. The maximum Gasteiger partial charge on any atom is 0.223 e. The Labute approximate surface area is 137 Å². The van der Waals surface area contributed by atoms with Gasteiger partial charge in [-0.05, 0) is 43.4 Å². The summed E-state index contributed by atoms with van der Waals surface area (Å²) in [7, 11) is 0. The molecule has 126 valence electrons. The Balaban J connectivity index is 1.97. The van der Waals surface area contributed by atoms with Gasteiger partial charge in [-0.15, -0.1) is 0 Å². The van der Waals surface area contributed by atoms with Gasteiger partial charge in [-0.1, -0.05) is 31.9 Å². The van der Waals surface area contributed by atoms with E-state index in [1.165, 1.54) is 12.1 Å². The number of fused-ring (bicyclic) bond motifs is 1. The Bertz CT molecular complexity index is 559. The number of hydrogen-bond donors (Lipinski definition) is 1. The van der Waals surface area contributed by atoms with Gasteiger partial charge in [-0.3, -0.25) is 4.79 Å². The van der Waals surface area contributed by atoms with Crippen molar-refractivity contribution in [1.29, 1.82) is 0 Å². The minimum absolute atomic E-state index is 0.0521. The third kappa shape index (κ3) is 3.14. The minimum Gasteiger partial charge on any atom is -0.389 e. The maximum atomic E-state index is 13.3. The number of benzene rings is 1.